The summed E-state index contributed by atoms with van der Waals surface area (Å²) in [4.78, 5) is 4.19. The number of hydrogen-bond acceptors (Lipinski definition) is 2. The summed E-state index contributed by atoms with van der Waals surface area (Å²) >= 11 is 0. The number of benzene rings is 1. The summed E-state index contributed by atoms with van der Waals surface area (Å²) < 4.78 is 40.1. The lowest BCUT2D eigenvalue weighted by Gasteiger charge is -2.08. The van der Waals surface area contributed by atoms with Gasteiger partial charge in [-0.15, -0.1) is 13.2 Å². The van der Waals surface area contributed by atoms with Gasteiger partial charge in [-0.3, -0.25) is 0 Å². The lowest BCUT2D eigenvalue weighted by Crippen LogP contribution is -2.17. The second kappa shape index (κ2) is 5.66. The van der Waals surface area contributed by atoms with Gasteiger partial charge in [-0.05, 0) is 43.2 Å². The average Bonchev–Trinajstić information content (AvgIpc) is 2.35. The minimum absolute atomic E-state index is 0.290. The Morgan fingerprint density at radius 3 is 2.50 bits per heavy atom. The van der Waals surface area contributed by atoms with E-state index >= 15 is 0 Å². The van der Waals surface area contributed by atoms with Crippen LogP contribution in [0.1, 0.15) is 17.0 Å². The van der Waals surface area contributed by atoms with Crippen LogP contribution in [0.25, 0.3) is 0 Å². The minimum atomic E-state index is -4.70. The molecular formula is C15H10F3NO. The maximum Gasteiger partial charge on any atom is 0.573 e. The molecule has 5 heteroatoms. The van der Waals surface area contributed by atoms with Gasteiger partial charge in [-0.25, -0.2) is 4.98 Å². The highest BCUT2D eigenvalue weighted by Crippen LogP contribution is 2.23. The number of halogens is 3. The monoisotopic (exact) mass is 277 g/mol. The molecule has 2 rings (SSSR count). The molecule has 102 valence electrons. The van der Waals surface area contributed by atoms with Crippen LogP contribution in [0.15, 0.2) is 42.5 Å². The van der Waals surface area contributed by atoms with Gasteiger partial charge in [0.15, 0.2) is 0 Å². The topological polar surface area (TPSA) is 22.1 Å². The van der Waals surface area contributed by atoms with Crippen LogP contribution in [0, 0.1) is 18.8 Å². The van der Waals surface area contributed by atoms with Crippen molar-refractivity contribution in [1.29, 1.82) is 0 Å². The SMILES string of the molecule is Cc1cccc(C#Cc2cccc(OC(F)(F)F)c2)n1. The van der Waals surface area contributed by atoms with Crippen LogP contribution in [0.2, 0.25) is 0 Å². The lowest BCUT2D eigenvalue weighted by atomic mass is 10.2. The summed E-state index contributed by atoms with van der Waals surface area (Å²) in [6.45, 7) is 1.84. The van der Waals surface area contributed by atoms with Crippen molar-refractivity contribution >= 4 is 0 Å². The Hall–Kier alpha value is -2.48. The fourth-order valence-corrected chi connectivity index (χ4v) is 1.52. The summed E-state index contributed by atoms with van der Waals surface area (Å²) in [6.07, 6.45) is -4.70. The van der Waals surface area contributed by atoms with E-state index in [1.807, 2.05) is 19.1 Å². The molecule has 2 nitrogen and oxygen atoms in total. The van der Waals surface area contributed by atoms with Crippen LogP contribution in [0.4, 0.5) is 13.2 Å². The summed E-state index contributed by atoms with van der Waals surface area (Å²) in [5.74, 6) is 5.26. The van der Waals surface area contributed by atoms with E-state index in [1.165, 1.54) is 18.2 Å². The van der Waals surface area contributed by atoms with Crippen molar-refractivity contribution in [2.45, 2.75) is 13.3 Å². The van der Waals surface area contributed by atoms with Crippen molar-refractivity contribution in [3.63, 3.8) is 0 Å². The highest BCUT2D eigenvalue weighted by Gasteiger charge is 2.30. The first-order chi connectivity index (χ1) is 9.42. The normalized spacial score (nSPS) is 10.6. The van der Waals surface area contributed by atoms with Gasteiger partial charge in [-0.2, -0.15) is 0 Å². The van der Waals surface area contributed by atoms with Crippen molar-refractivity contribution in [3.8, 4) is 17.6 Å². The second-order valence-corrected chi connectivity index (χ2v) is 3.99. The molecule has 0 amide bonds. The van der Waals surface area contributed by atoms with Gasteiger partial charge < -0.3 is 4.74 Å². The zero-order chi connectivity index (χ0) is 14.6. The summed E-state index contributed by atoms with van der Waals surface area (Å²) in [5.41, 5.74) is 1.81. The third-order valence-electron chi connectivity index (χ3n) is 2.29. The smallest absolute Gasteiger partial charge is 0.406 e. The van der Waals surface area contributed by atoms with E-state index in [-0.39, 0.29) is 5.75 Å². The zero-order valence-electron chi connectivity index (χ0n) is 10.5. The molecule has 0 aliphatic heterocycles. The Morgan fingerprint density at radius 2 is 1.80 bits per heavy atom. The molecule has 0 saturated heterocycles. The van der Waals surface area contributed by atoms with Crippen LogP contribution >= 0.6 is 0 Å². The third kappa shape index (κ3) is 4.32. The standard InChI is InChI=1S/C15H10F3NO/c1-11-4-2-6-13(19-11)9-8-12-5-3-7-14(10-12)20-15(16,17)18/h2-7,10H,1H3. The Morgan fingerprint density at radius 1 is 1.05 bits per heavy atom. The van der Waals surface area contributed by atoms with E-state index in [2.05, 4.69) is 21.6 Å². The lowest BCUT2D eigenvalue weighted by molar-refractivity contribution is -0.274. The molecule has 0 aliphatic rings. The van der Waals surface area contributed by atoms with Crippen molar-refractivity contribution in [3.05, 3.63) is 59.4 Å². The molecule has 0 atom stereocenters. The van der Waals surface area contributed by atoms with E-state index in [9.17, 15) is 13.2 Å². The number of ether oxygens (including phenoxy) is 1. The number of alkyl halides is 3. The molecule has 1 heterocycles. The summed E-state index contributed by atoms with van der Waals surface area (Å²) in [6, 6.07) is 10.9. The third-order valence-corrected chi connectivity index (χ3v) is 2.29. The van der Waals surface area contributed by atoms with Crippen molar-refractivity contribution in [2.75, 3.05) is 0 Å². The Kier molecular flexibility index (Phi) is 3.94. The number of aryl methyl sites for hydroxylation is 1. The van der Waals surface area contributed by atoms with Crippen LogP contribution in [0.5, 0.6) is 5.75 Å². The number of rotatable bonds is 1. The Labute approximate surface area is 114 Å². The van der Waals surface area contributed by atoms with E-state index in [4.69, 9.17) is 0 Å². The van der Waals surface area contributed by atoms with Crippen molar-refractivity contribution < 1.29 is 17.9 Å². The van der Waals surface area contributed by atoms with Crippen LogP contribution in [-0.2, 0) is 0 Å². The van der Waals surface area contributed by atoms with Gasteiger partial charge in [0.2, 0.25) is 0 Å². The van der Waals surface area contributed by atoms with Crippen molar-refractivity contribution in [2.24, 2.45) is 0 Å². The van der Waals surface area contributed by atoms with Gasteiger partial charge in [-0.1, -0.05) is 18.1 Å². The summed E-state index contributed by atoms with van der Waals surface area (Å²) in [5, 5.41) is 0. The maximum atomic E-state index is 12.1. The quantitative estimate of drug-likeness (QED) is 0.742. The predicted molar refractivity (Wildman–Crippen MR) is 68.1 cm³/mol. The number of pyridine rings is 1. The molecule has 0 N–H and O–H groups in total. The molecule has 1 aromatic heterocycles. The van der Waals surface area contributed by atoms with Crippen LogP contribution < -0.4 is 4.74 Å². The summed E-state index contributed by atoms with van der Waals surface area (Å²) in [7, 11) is 0. The van der Waals surface area contributed by atoms with Crippen LogP contribution in [-0.4, -0.2) is 11.3 Å². The highest BCUT2D eigenvalue weighted by atomic mass is 19.4. The molecule has 0 bridgehead atoms. The molecule has 0 saturated carbocycles. The van der Waals surface area contributed by atoms with Gasteiger partial charge in [0, 0.05) is 11.3 Å². The first kappa shape index (κ1) is 13.9. The van der Waals surface area contributed by atoms with Gasteiger partial charge in [0.05, 0.1) is 0 Å². The van der Waals surface area contributed by atoms with E-state index in [0.717, 1.165) is 5.69 Å². The number of hydrogen-bond donors (Lipinski definition) is 0. The van der Waals surface area contributed by atoms with E-state index in [0.29, 0.717) is 11.3 Å². The maximum absolute atomic E-state index is 12.1. The molecule has 20 heavy (non-hydrogen) atoms. The zero-order valence-corrected chi connectivity index (χ0v) is 10.5. The Balaban J connectivity index is 2.21. The molecule has 0 spiro atoms. The minimum Gasteiger partial charge on any atom is -0.406 e. The van der Waals surface area contributed by atoms with Gasteiger partial charge in [0.1, 0.15) is 11.4 Å². The first-order valence-electron chi connectivity index (χ1n) is 5.74. The molecule has 0 unspecified atom stereocenters. The molecular weight excluding hydrogens is 267 g/mol. The molecule has 0 aliphatic carbocycles. The Bertz CT molecular complexity index is 669. The van der Waals surface area contributed by atoms with Gasteiger partial charge in [0.25, 0.3) is 0 Å². The fourth-order valence-electron chi connectivity index (χ4n) is 1.52. The fraction of sp³-hybridized carbons (Fsp3) is 0.133. The molecule has 2 aromatic rings. The van der Waals surface area contributed by atoms with Crippen LogP contribution in [0.3, 0.4) is 0 Å². The van der Waals surface area contributed by atoms with E-state index in [1.54, 1.807) is 12.1 Å². The predicted octanol–water partition coefficient (Wildman–Crippen LogP) is 3.69. The molecule has 0 fully saturated rings. The number of aromatic nitrogens is 1. The highest BCUT2D eigenvalue weighted by molar-refractivity contribution is 5.43. The molecule has 1 aromatic carbocycles. The van der Waals surface area contributed by atoms with Crippen molar-refractivity contribution in [1.82, 2.24) is 4.98 Å². The largest absolute Gasteiger partial charge is 0.573 e. The van der Waals surface area contributed by atoms with E-state index < -0.39 is 6.36 Å². The molecule has 0 radical (unpaired) electrons. The average molecular weight is 277 g/mol. The number of nitrogens with zero attached hydrogens (tertiary/aromatic N) is 1. The first-order valence-corrected chi connectivity index (χ1v) is 5.74. The van der Waals surface area contributed by atoms with Gasteiger partial charge >= 0.3 is 6.36 Å². The second-order valence-electron chi connectivity index (χ2n) is 3.99.